The van der Waals surface area contributed by atoms with Gasteiger partial charge in [-0.2, -0.15) is 13.2 Å². The van der Waals surface area contributed by atoms with Crippen LogP contribution in [0, 0.1) is 5.92 Å². The van der Waals surface area contributed by atoms with Crippen molar-refractivity contribution >= 4 is 5.84 Å². The predicted octanol–water partition coefficient (Wildman–Crippen LogP) is 3.29. The van der Waals surface area contributed by atoms with Crippen LogP contribution in [0.5, 0.6) is 5.75 Å². The average molecular weight is 304 g/mol. The van der Waals surface area contributed by atoms with Crippen LogP contribution in [0.1, 0.15) is 26.3 Å². The SMILES string of the molecule is CC(C)(C)c1cccc(OCC(/C(N)=N/O)C(F)(F)F)c1. The summed E-state index contributed by atoms with van der Waals surface area (Å²) < 4.78 is 43.5. The number of rotatable bonds is 4. The molecule has 118 valence electrons. The van der Waals surface area contributed by atoms with E-state index in [9.17, 15) is 13.2 Å². The first-order valence-electron chi connectivity index (χ1n) is 6.33. The van der Waals surface area contributed by atoms with Crippen LogP contribution in [-0.2, 0) is 5.41 Å². The first kappa shape index (κ1) is 17.1. The third kappa shape index (κ3) is 4.84. The molecule has 0 aliphatic heterocycles. The highest BCUT2D eigenvalue weighted by molar-refractivity contribution is 5.83. The predicted molar refractivity (Wildman–Crippen MR) is 73.6 cm³/mol. The maximum absolute atomic E-state index is 12.8. The molecule has 0 aliphatic carbocycles. The largest absolute Gasteiger partial charge is 0.492 e. The van der Waals surface area contributed by atoms with Gasteiger partial charge in [0.05, 0.1) is 0 Å². The average Bonchev–Trinajstić information content (AvgIpc) is 2.36. The number of amidine groups is 1. The van der Waals surface area contributed by atoms with Crippen LogP contribution in [-0.4, -0.2) is 23.8 Å². The molecule has 7 heteroatoms. The van der Waals surface area contributed by atoms with Gasteiger partial charge in [-0.15, -0.1) is 0 Å². The normalized spacial score (nSPS) is 14.9. The van der Waals surface area contributed by atoms with E-state index in [-0.39, 0.29) is 5.41 Å². The highest BCUT2D eigenvalue weighted by atomic mass is 19.4. The van der Waals surface area contributed by atoms with Crippen molar-refractivity contribution in [3.05, 3.63) is 29.8 Å². The molecule has 0 bridgehead atoms. The van der Waals surface area contributed by atoms with Gasteiger partial charge in [0.1, 0.15) is 18.3 Å². The number of ether oxygens (including phenoxy) is 1. The van der Waals surface area contributed by atoms with Crippen molar-refractivity contribution in [2.45, 2.75) is 32.4 Å². The van der Waals surface area contributed by atoms with Crippen molar-refractivity contribution in [3.8, 4) is 5.75 Å². The molecule has 4 nitrogen and oxygen atoms in total. The summed E-state index contributed by atoms with van der Waals surface area (Å²) in [6.07, 6.45) is -4.64. The Hall–Kier alpha value is -1.92. The standard InChI is InChI=1S/C14H19F3N2O2/c1-13(2,3)9-5-4-6-10(7-9)21-8-11(12(18)19-20)14(15,16)17/h4-7,11,20H,8H2,1-3H3,(H2,18,19). The molecule has 1 unspecified atom stereocenters. The Morgan fingerprint density at radius 3 is 2.43 bits per heavy atom. The molecule has 0 aromatic heterocycles. The number of hydrogen-bond donors (Lipinski definition) is 2. The molecule has 1 aromatic rings. The van der Waals surface area contributed by atoms with Gasteiger partial charge in [-0.05, 0) is 23.1 Å². The van der Waals surface area contributed by atoms with Crippen molar-refractivity contribution in [2.75, 3.05) is 6.61 Å². The Labute approximate surface area is 121 Å². The second kappa shape index (κ2) is 6.24. The molecule has 1 rings (SSSR count). The second-order valence-electron chi connectivity index (χ2n) is 5.71. The summed E-state index contributed by atoms with van der Waals surface area (Å²) in [4.78, 5) is 0. The molecule has 0 radical (unpaired) electrons. The molecule has 0 heterocycles. The molecule has 0 spiro atoms. The lowest BCUT2D eigenvalue weighted by Crippen LogP contribution is -2.40. The zero-order chi connectivity index (χ0) is 16.3. The van der Waals surface area contributed by atoms with E-state index >= 15 is 0 Å². The molecule has 0 fully saturated rings. The number of benzene rings is 1. The zero-order valence-corrected chi connectivity index (χ0v) is 12.1. The maximum atomic E-state index is 12.8. The van der Waals surface area contributed by atoms with Crippen LogP contribution in [0.25, 0.3) is 0 Å². The molecule has 0 amide bonds. The zero-order valence-electron chi connectivity index (χ0n) is 12.1. The first-order chi connectivity index (χ1) is 9.55. The van der Waals surface area contributed by atoms with E-state index in [4.69, 9.17) is 15.7 Å². The Kier molecular flexibility index (Phi) is 5.09. The third-order valence-electron chi connectivity index (χ3n) is 2.98. The van der Waals surface area contributed by atoms with Crippen LogP contribution >= 0.6 is 0 Å². The molecule has 21 heavy (non-hydrogen) atoms. The van der Waals surface area contributed by atoms with Gasteiger partial charge in [0.25, 0.3) is 0 Å². The van der Waals surface area contributed by atoms with Crippen LogP contribution in [0.15, 0.2) is 29.4 Å². The molecule has 1 aromatic carbocycles. The van der Waals surface area contributed by atoms with Crippen LogP contribution < -0.4 is 10.5 Å². The summed E-state index contributed by atoms with van der Waals surface area (Å²) >= 11 is 0. The Bertz CT molecular complexity index is 508. The fraction of sp³-hybridized carbons (Fsp3) is 0.500. The minimum Gasteiger partial charge on any atom is -0.492 e. The van der Waals surface area contributed by atoms with E-state index in [1.54, 1.807) is 18.2 Å². The fourth-order valence-corrected chi connectivity index (χ4v) is 1.65. The fourth-order valence-electron chi connectivity index (χ4n) is 1.65. The summed E-state index contributed by atoms with van der Waals surface area (Å²) in [5.74, 6) is -2.77. The summed E-state index contributed by atoms with van der Waals surface area (Å²) in [5.41, 5.74) is 5.86. The summed E-state index contributed by atoms with van der Waals surface area (Å²) in [7, 11) is 0. The van der Waals surface area contributed by atoms with Gasteiger partial charge < -0.3 is 15.7 Å². The van der Waals surface area contributed by atoms with E-state index in [1.807, 2.05) is 26.8 Å². The van der Waals surface area contributed by atoms with E-state index < -0.39 is 24.5 Å². The van der Waals surface area contributed by atoms with Crippen molar-refractivity contribution < 1.29 is 23.1 Å². The van der Waals surface area contributed by atoms with E-state index in [0.717, 1.165) is 5.56 Å². The summed E-state index contributed by atoms with van der Waals surface area (Å²) in [6.45, 7) is 5.22. The Morgan fingerprint density at radius 2 is 1.95 bits per heavy atom. The number of hydrogen-bond acceptors (Lipinski definition) is 3. The second-order valence-corrected chi connectivity index (χ2v) is 5.71. The van der Waals surface area contributed by atoms with Gasteiger partial charge in [0.15, 0.2) is 5.84 Å². The Balaban J connectivity index is 2.87. The van der Waals surface area contributed by atoms with Crippen molar-refractivity contribution in [3.63, 3.8) is 0 Å². The van der Waals surface area contributed by atoms with Crippen LogP contribution in [0.3, 0.4) is 0 Å². The lowest BCUT2D eigenvalue weighted by Gasteiger charge is -2.22. The minimum atomic E-state index is -4.64. The van der Waals surface area contributed by atoms with Gasteiger partial charge in [-0.3, -0.25) is 0 Å². The van der Waals surface area contributed by atoms with Gasteiger partial charge >= 0.3 is 6.18 Å². The van der Waals surface area contributed by atoms with Crippen molar-refractivity contribution in [2.24, 2.45) is 16.8 Å². The van der Waals surface area contributed by atoms with Crippen LogP contribution in [0.4, 0.5) is 13.2 Å². The molecule has 0 saturated carbocycles. The summed E-state index contributed by atoms with van der Waals surface area (Å²) in [5, 5.41) is 10.8. The van der Waals surface area contributed by atoms with E-state index in [1.165, 1.54) is 0 Å². The first-order valence-corrected chi connectivity index (χ1v) is 6.33. The highest BCUT2D eigenvalue weighted by Gasteiger charge is 2.43. The topological polar surface area (TPSA) is 67.8 Å². The molecule has 0 saturated heterocycles. The van der Waals surface area contributed by atoms with Crippen LogP contribution in [0.2, 0.25) is 0 Å². The Morgan fingerprint density at radius 1 is 1.33 bits per heavy atom. The molecular weight excluding hydrogens is 285 g/mol. The van der Waals surface area contributed by atoms with E-state index in [0.29, 0.717) is 5.75 Å². The van der Waals surface area contributed by atoms with Gasteiger partial charge in [-0.25, -0.2) is 0 Å². The molecular formula is C14H19F3N2O2. The van der Waals surface area contributed by atoms with Crippen molar-refractivity contribution in [1.29, 1.82) is 0 Å². The number of oxime groups is 1. The lowest BCUT2D eigenvalue weighted by atomic mass is 9.87. The molecule has 0 aliphatic rings. The number of halogens is 3. The van der Waals surface area contributed by atoms with E-state index in [2.05, 4.69) is 5.16 Å². The number of nitrogens with two attached hydrogens (primary N) is 1. The lowest BCUT2D eigenvalue weighted by molar-refractivity contribution is -0.162. The highest BCUT2D eigenvalue weighted by Crippen LogP contribution is 2.29. The quantitative estimate of drug-likeness (QED) is 0.388. The van der Waals surface area contributed by atoms with Gasteiger partial charge in [-0.1, -0.05) is 38.1 Å². The van der Waals surface area contributed by atoms with Crippen molar-refractivity contribution in [1.82, 2.24) is 0 Å². The monoisotopic (exact) mass is 304 g/mol. The smallest absolute Gasteiger partial charge is 0.402 e. The molecule has 3 N–H and O–H groups in total. The summed E-state index contributed by atoms with van der Waals surface area (Å²) in [6, 6.07) is 6.83. The minimum absolute atomic E-state index is 0.144. The number of nitrogens with zero attached hydrogens (tertiary/aromatic N) is 1. The van der Waals surface area contributed by atoms with Gasteiger partial charge in [0.2, 0.25) is 0 Å². The number of alkyl halides is 3. The molecule has 1 atom stereocenters. The maximum Gasteiger partial charge on any atom is 0.402 e. The van der Waals surface area contributed by atoms with Gasteiger partial charge in [0, 0.05) is 0 Å². The third-order valence-corrected chi connectivity index (χ3v) is 2.98.